The van der Waals surface area contributed by atoms with Crippen molar-refractivity contribution in [1.82, 2.24) is 15.1 Å². The van der Waals surface area contributed by atoms with Gasteiger partial charge >= 0.3 is 0 Å². The Bertz CT molecular complexity index is 316. The lowest BCUT2D eigenvalue weighted by atomic mass is 10.1. The van der Waals surface area contributed by atoms with Crippen LogP contribution in [0.1, 0.15) is 46.0 Å². The van der Waals surface area contributed by atoms with E-state index in [-0.39, 0.29) is 11.8 Å². The van der Waals surface area contributed by atoms with E-state index in [1.807, 2.05) is 30.7 Å². The van der Waals surface area contributed by atoms with Crippen LogP contribution in [-0.4, -0.2) is 60.9 Å². The van der Waals surface area contributed by atoms with Gasteiger partial charge in [0.2, 0.25) is 11.8 Å². The van der Waals surface area contributed by atoms with Crippen LogP contribution < -0.4 is 5.32 Å². The second-order valence-electron chi connectivity index (χ2n) is 5.36. The summed E-state index contributed by atoms with van der Waals surface area (Å²) in [7, 11) is 1.92. The Balaban J connectivity index is 2.31. The number of carbonyl (C=O) groups is 2. The zero-order chi connectivity index (χ0) is 15.0. The fourth-order valence-corrected chi connectivity index (χ4v) is 2.88. The molecule has 0 aliphatic carbocycles. The lowest BCUT2D eigenvalue weighted by Gasteiger charge is -2.25. The second kappa shape index (κ2) is 8.95. The fraction of sp³-hybridized carbons (Fsp3) is 0.867. The van der Waals surface area contributed by atoms with Crippen LogP contribution in [0.4, 0.5) is 0 Å². The summed E-state index contributed by atoms with van der Waals surface area (Å²) in [6, 6.07) is 0.339. The monoisotopic (exact) mass is 283 g/mol. The average molecular weight is 283 g/mol. The Morgan fingerprint density at radius 1 is 1.25 bits per heavy atom. The van der Waals surface area contributed by atoms with Crippen molar-refractivity contribution >= 4 is 11.8 Å². The van der Waals surface area contributed by atoms with E-state index in [2.05, 4.69) is 5.32 Å². The zero-order valence-electron chi connectivity index (χ0n) is 13.2. The van der Waals surface area contributed by atoms with Crippen molar-refractivity contribution in [2.75, 3.05) is 33.2 Å². The zero-order valence-corrected chi connectivity index (χ0v) is 13.2. The minimum Gasteiger partial charge on any atom is -0.343 e. The standard InChI is InChI=1S/C15H29N3O2/c1-4-17(5-2)14(19)9-6-10-15(20)18-11-7-8-13(18)12-16-3/h13,16H,4-12H2,1-3H3. The first-order chi connectivity index (χ1) is 9.63. The smallest absolute Gasteiger partial charge is 0.222 e. The molecule has 1 atom stereocenters. The van der Waals surface area contributed by atoms with Gasteiger partial charge in [-0.1, -0.05) is 0 Å². The molecule has 0 spiro atoms. The Kier molecular flexibility index (Phi) is 7.59. The number of likely N-dealkylation sites (tertiary alicyclic amines) is 1. The third-order valence-corrected chi connectivity index (χ3v) is 4.03. The van der Waals surface area contributed by atoms with Gasteiger partial charge in [0, 0.05) is 45.1 Å². The number of hydrogen-bond donors (Lipinski definition) is 1. The molecule has 1 aliphatic rings. The predicted molar refractivity (Wildman–Crippen MR) is 80.4 cm³/mol. The number of hydrogen-bond acceptors (Lipinski definition) is 3. The van der Waals surface area contributed by atoms with Gasteiger partial charge < -0.3 is 15.1 Å². The molecule has 1 saturated heterocycles. The average Bonchev–Trinajstić information content (AvgIpc) is 2.89. The number of likely N-dealkylation sites (N-methyl/N-ethyl adjacent to an activating group) is 1. The van der Waals surface area contributed by atoms with Gasteiger partial charge in [-0.15, -0.1) is 0 Å². The largest absolute Gasteiger partial charge is 0.343 e. The molecular formula is C15H29N3O2. The topological polar surface area (TPSA) is 52.7 Å². The number of nitrogens with one attached hydrogen (secondary N) is 1. The highest BCUT2D eigenvalue weighted by Crippen LogP contribution is 2.18. The van der Waals surface area contributed by atoms with Gasteiger partial charge in [-0.2, -0.15) is 0 Å². The van der Waals surface area contributed by atoms with E-state index < -0.39 is 0 Å². The number of rotatable bonds is 8. The summed E-state index contributed by atoms with van der Waals surface area (Å²) in [6.45, 7) is 7.21. The molecule has 2 amide bonds. The van der Waals surface area contributed by atoms with Gasteiger partial charge in [-0.05, 0) is 40.2 Å². The molecule has 0 aromatic heterocycles. The Morgan fingerprint density at radius 2 is 1.95 bits per heavy atom. The molecule has 1 unspecified atom stereocenters. The SMILES string of the molecule is CCN(CC)C(=O)CCCC(=O)N1CCCC1CNC. The molecule has 1 heterocycles. The van der Waals surface area contributed by atoms with E-state index in [0.29, 0.717) is 25.3 Å². The van der Waals surface area contributed by atoms with Crippen LogP contribution in [0.2, 0.25) is 0 Å². The summed E-state index contributed by atoms with van der Waals surface area (Å²) in [4.78, 5) is 27.9. The van der Waals surface area contributed by atoms with Crippen LogP contribution in [0, 0.1) is 0 Å². The van der Waals surface area contributed by atoms with E-state index in [1.54, 1.807) is 0 Å². The van der Waals surface area contributed by atoms with Crippen LogP contribution in [-0.2, 0) is 9.59 Å². The van der Waals surface area contributed by atoms with E-state index >= 15 is 0 Å². The van der Waals surface area contributed by atoms with Crippen LogP contribution in [0.3, 0.4) is 0 Å². The molecule has 0 radical (unpaired) electrons. The van der Waals surface area contributed by atoms with Gasteiger partial charge in [-0.25, -0.2) is 0 Å². The molecule has 1 N–H and O–H groups in total. The summed E-state index contributed by atoms with van der Waals surface area (Å²) in [5.74, 6) is 0.367. The molecule has 0 aromatic rings. The van der Waals surface area contributed by atoms with Crippen molar-refractivity contribution in [2.24, 2.45) is 0 Å². The molecule has 0 bridgehead atoms. The number of carbonyl (C=O) groups excluding carboxylic acids is 2. The highest BCUT2D eigenvalue weighted by molar-refractivity contribution is 5.79. The summed E-state index contributed by atoms with van der Waals surface area (Å²) in [6.07, 6.45) is 3.82. The first kappa shape index (κ1) is 17.0. The number of amides is 2. The molecule has 1 fully saturated rings. The molecule has 1 rings (SSSR count). The van der Waals surface area contributed by atoms with Gasteiger partial charge in [-0.3, -0.25) is 9.59 Å². The molecule has 0 aromatic carbocycles. The van der Waals surface area contributed by atoms with Crippen molar-refractivity contribution in [1.29, 1.82) is 0 Å². The van der Waals surface area contributed by atoms with Crippen molar-refractivity contribution in [3.8, 4) is 0 Å². The Morgan fingerprint density at radius 3 is 2.55 bits per heavy atom. The quantitative estimate of drug-likeness (QED) is 0.729. The molecule has 5 heteroatoms. The number of nitrogens with zero attached hydrogens (tertiary/aromatic N) is 2. The predicted octanol–water partition coefficient (Wildman–Crippen LogP) is 1.24. The minimum atomic E-state index is 0.163. The molecule has 1 aliphatic heterocycles. The summed E-state index contributed by atoms with van der Waals surface area (Å²) in [5, 5.41) is 3.14. The van der Waals surface area contributed by atoms with E-state index in [1.165, 1.54) is 0 Å². The summed E-state index contributed by atoms with van der Waals surface area (Å²) >= 11 is 0. The second-order valence-corrected chi connectivity index (χ2v) is 5.36. The minimum absolute atomic E-state index is 0.163. The highest BCUT2D eigenvalue weighted by Gasteiger charge is 2.27. The van der Waals surface area contributed by atoms with Gasteiger partial charge in [0.25, 0.3) is 0 Å². The maximum atomic E-state index is 12.2. The van der Waals surface area contributed by atoms with Crippen molar-refractivity contribution in [3.05, 3.63) is 0 Å². The van der Waals surface area contributed by atoms with Crippen molar-refractivity contribution < 1.29 is 9.59 Å². The van der Waals surface area contributed by atoms with Crippen molar-refractivity contribution in [2.45, 2.75) is 52.0 Å². The van der Waals surface area contributed by atoms with Crippen LogP contribution in [0.25, 0.3) is 0 Å². The maximum Gasteiger partial charge on any atom is 0.222 e. The van der Waals surface area contributed by atoms with Gasteiger partial charge in [0.1, 0.15) is 0 Å². The van der Waals surface area contributed by atoms with Crippen LogP contribution in [0.5, 0.6) is 0 Å². The summed E-state index contributed by atoms with van der Waals surface area (Å²) in [5.41, 5.74) is 0. The van der Waals surface area contributed by atoms with Crippen molar-refractivity contribution in [3.63, 3.8) is 0 Å². The summed E-state index contributed by atoms with van der Waals surface area (Å²) < 4.78 is 0. The van der Waals surface area contributed by atoms with Crippen LogP contribution in [0.15, 0.2) is 0 Å². The molecule has 0 saturated carbocycles. The van der Waals surface area contributed by atoms with Crippen LogP contribution >= 0.6 is 0 Å². The highest BCUT2D eigenvalue weighted by atomic mass is 16.2. The van der Waals surface area contributed by atoms with E-state index in [0.717, 1.165) is 39.0 Å². The molecule has 5 nitrogen and oxygen atoms in total. The third kappa shape index (κ3) is 4.78. The first-order valence-electron chi connectivity index (χ1n) is 7.85. The molecular weight excluding hydrogens is 254 g/mol. The fourth-order valence-electron chi connectivity index (χ4n) is 2.88. The molecule has 116 valence electrons. The Hall–Kier alpha value is -1.10. The first-order valence-corrected chi connectivity index (χ1v) is 7.85. The maximum absolute atomic E-state index is 12.2. The Labute approximate surface area is 122 Å². The van der Waals surface area contributed by atoms with Gasteiger partial charge in [0.05, 0.1) is 0 Å². The lowest BCUT2D eigenvalue weighted by Crippen LogP contribution is -2.40. The van der Waals surface area contributed by atoms with Gasteiger partial charge in [0.15, 0.2) is 0 Å². The van der Waals surface area contributed by atoms with E-state index in [9.17, 15) is 9.59 Å². The third-order valence-electron chi connectivity index (χ3n) is 4.03. The normalized spacial score (nSPS) is 18.4. The lowest BCUT2D eigenvalue weighted by molar-refractivity contribution is -0.133. The van der Waals surface area contributed by atoms with E-state index in [4.69, 9.17) is 0 Å². The molecule has 20 heavy (non-hydrogen) atoms.